The van der Waals surface area contributed by atoms with Gasteiger partial charge < -0.3 is 0 Å². The molecule has 1 N–H and O–H groups in total. The van der Waals surface area contributed by atoms with Gasteiger partial charge in [0, 0.05) is 12.8 Å². The highest BCUT2D eigenvalue weighted by Gasteiger charge is 1.96. The van der Waals surface area contributed by atoms with Crippen LogP contribution in [0.3, 0.4) is 0 Å². The number of hydrogen-bond donors (Lipinski definition) is 1. The van der Waals surface area contributed by atoms with Crippen LogP contribution in [0.2, 0.25) is 0 Å². The first-order valence-electron chi connectivity index (χ1n) is 6.25. The third kappa shape index (κ3) is 31.3. The minimum absolute atomic E-state index is 0.422. The second kappa shape index (κ2) is 12.0. The predicted octanol–water partition coefficient (Wildman–Crippen LogP) is 3.22. The van der Waals surface area contributed by atoms with Crippen molar-refractivity contribution in [1.82, 2.24) is 0 Å². The summed E-state index contributed by atoms with van der Waals surface area (Å²) in [6, 6.07) is 0. The zero-order valence-corrected chi connectivity index (χ0v) is 12.1. The number of unbranched alkanes of at least 4 members (excludes halogenated alkanes) is 5. The van der Waals surface area contributed by atoms with Gasteiger partial charge in [0.25, 0.3) is 10.1 Å². The summed E-state index contributed by atoms with van der Waals surface area (Å²) in [7, 11) is -3.67. The molecular formula is C12H26O4S. The molecule has 17 heavy (non-hydrogen) atoms. The van der Waals surface area contributed by atoms with Crippen LogP contribution in [-0.2, 0) is 14.9 Å². The third-order valence-electron chi connectivity index (χ3n) is 2.20. The van der Waals surface area contributed by atoms with Crippen molar-refractivity contribution in [2.24, 2.45) is 0 Å². The molecule has 4 nitrogen and oxygen atoms in total. The predicted molar refractivity (Wildman–Crippen MR) is 70.8 cm³/mol. The van der Waals surface area contributed by atoms with Crippen molar-refractivity contribution in [3.8, 4) is 0 Å². The number of Topliss-reactive ketones (excluding diaryl/α,β-unsaturated/α-hetero) is 1. The van der Waals surface area contributed by atoms with Gasteiger partial charge in [0.05, 0.1) is 6.26 Å². The molecule has 0 amide bonds. The van der Waals surface area contributed by atoms with Crippen molar-refractivity contribution >= 4 is 15.9 Å². The van der Waals surface area contributed by atoms with Crippen LogP contribution in [-0.4, -0.2) is 25.0 Å². The van der Waals surface area contributed by atoms with E-state index in [0.29, 0.717) is 12.0 Å². The molecule has 0 aliphatic heterocycles. The number of hydrogen-bond acceptors (Lipinski definition) is 3. The Morgan fingerprint density at radius 1 is 1.00 bits per heavy atom. The maximum atomic E-state index is 10.9. The van der Waals surface area contributed by atoms with E-state index in [2.05, 4.69) is 6.92 Å². The highest BCUT2D eigenvalue weighted by molar-refractivity contribution is 7.85. The average molecular weight is 266 g/mol. The average Bonchev–Trinajstić information content (AvgIpc) is 2.20. The van der Waals surface area contributed by atoms with E-state index in [0.717, 1.165) is 19.3 Å². The number of carbonyl (C=O) groups excluding carboxylic acids is 1. The van der Waals surface area contributed by atoms with Crippen LogP contribution in [0.15, 0.2) is 0 Å². The van der Waals surface area contributed by atoms with Crippen LogP contribution in [0.5, 0.6) is 0 Å². The Kier molecular flexibility index (Phi) is 13.4. The van der Waals surface area contributed by atoms with Crippen molar-refractivity contribution in [2.75, 3.05) is 6.26 Å². The van der Waals surface area contributed by atoms with E-state index in [1.165, 1.54) is 32.1 Å². The van der Waals surface area contributed by atoms with Crippen LogP contribution < -0.4 is 0 Å². The van der Waals surface area contributed by atoms with E-state index in [4.69, 9.17) is 4.55 Å². The summed E-state index contributed by atoms with van der Waals surface area (Å²) >= 11 is 0. The summed E-state index contributed by atoms with van der Waals surface area (Å²) in [6.07, 6.45) is 9.89. The van der Waals surface area contributed by atoms with Crippen LogP contribution >= 0.6 is 0 Å². The topological polar surface area (TPSA) is 71.4 Å². The van der Waals surface area contributed by atoms with Crippen LogP contribution in [0.25, 0.3) is 0 Å². The molecule has 0 radical (unpaired) electrons. The lowest BCUT2D eigenvalue weighted by Gasteiger charge is -1.98. The number of ketones is 1. The lowest BCUT2D eigenvalue weighted by Crippen LogP contribution is -1.93. The van der Waals surface area contributed by atoms with E-state index in [1.807, 2.05) is 6.92 Å². The Morgan fingerprint density at radius 3 is 1.82 bits per heavy atom. The molecule has 0 heterocycles. The summed E-state index contributed by atoms with van der Waals surface area (Å²) in [5.41, 5.74) is 0. The molecule has 0 aromatic carbocycles. The van der Waals surface area contributed by atoms with Crippen molar-refractivity contribution < 1.29 is 17.8 Å². The van der Waals surface area contributed by atoms with Gasteiger partial charge in [-0.15, -0.1) is 0 Å². The summed E-state index contributed by atoms with van der Waals surface area (Å²) in [5, 5.41) is 0. The second-order valence-electron chi connectivity index (χ2n) is 4.14. The smallest absolute Gasteiger partial charge is 0.261 e. The van der Waals surface area contributed by atoms with Crippen LogP contribution in [0, 0.1) is 0 Å². The Hall–Kier alpha value is -0.420. The number of carbonyl (C=O) groups is 1. The Labute approximate surface area is 106 Å². The number of rotatable bonds is 8. The molecule has 0 spiro atoms. The molecule has 0 aromatic heterocycles. The molecule has 5 heteroatoms. The van der Waals surface area contributed by atoms with Crippen molar-refractivity contribution in [3.63, 3.8) is 0 Å². The molecule has 0 aliphatic carbocycles. The Balaban J connectivity index is 0. The van der Waals surface area contributed by atoms with Gasteiger partial charge in [0.1, 0.15) is 5.78 Å². The molecule has 104 valence electrons. The minimum Gasteiger partial charge on any atom is -0.300 e. The lowest BCUT2D eigenvalue weighted by molar-refractivity contribution is -0.118. The van der Waals surface area contributed by atoms with Gasteiger partial charge in [-0.1, -0.05) is 46.0 Å². The second-order valence-corrected chi connectivity index (χ2v) is 5.61. The first-order valence-corrected chi connectivity index (χ1v) is 8.10. The van der Waals surface area contributed by atoms with E-state index in [-0.39, 0.29) is 0 Å². The standard InChI is InChI=1S/C11H22O.CH4O3S/c1-3-5-6-7-8-9-10-11(12)4-2;1-5(2,3)4/h3-10H2,1-2H3;1H3,(H,2,3,4). The molecule has 0 saturated carbocycles. The van der Waals surface area contributed by atoms with E-state index >= 15 is 0 Å². The zero-order valence-electron chi connectivity index (χ0n) is 11.2. The molecule has 0 saturated heterocycles. The van der Waals surface area contributed by atoms with Crippen molar-refractivity contribution in [1.29, 1.82) is 0 Å². The summed E-state index contributed by atoms with van der Waals surface area (Å²) < 4.78 is 25.9. The fraction of sp³-hybridized carbons (Fsp3) is 0.917. The lowest BCUT2D eigenvalue weighted by atomic mass is 10.1. The van der Waals surface area contributed by atoms with Gasteiger partial charge in [-0.3, -0.25) is 9.35 Å². The monoisotopic (exact) mass is 266 g/mol. The van der Waals surface area contributed by atoms with Gasteiger partial charge >= 0.3 is 0 Å². The third-order valence-corrected chi connectivity index (χ3v) is 2.20. The fourth-order valence-corrected chi connectivity index (χ4v) is 1.28. The van der Waals surface area contributed by atoms with Crippen molar-refractivity contribution in [2.45, 2.75) is 65.2 Å². The SMILES string of the molecule is CCCCCCCCC(=O)CC.CS(=O)(=O)O. The molecule has 0 bridgehead atoms. The van der Waals surface area contributed by atoms with Crippen molar-refractivity contribution in [3.05, 3.63) is 0 Å². The first-order chi connectivity index (χ1) is 7.81. The molecule has 0 unspecified atom stereocenters. The van der Waals surface area contributed by atoms with Gasteiger partial charge in [-0.25, -0.2) is 0 Å². The zero-order chi connectivity index (χ0) is 13.7. The van der Waals surface area contributed by atoms with Gasteiger partial charge in [0.15, 0.2) is 0 Å². The highest BCUT2D eigenvalue weighted by atomic mass is 32.2. The van der Waals surface area contributed by atoms with Gasteiger partial charge in [0.2, 0.25) is 0 Å². The van der Waals surface area contributed by atoms with E-state index in [9.17, 15) is 13.2 Å². The molecule has 0 aromatic rings. The molecular weight excluding hydrogens is 240 g/mol. The maximum absolute atomic E-state index is 10.9. The Bertz CT molecular complexity index is 262. The highest BCUT2D eigenvalue weighted by Crippen LogP contribution is 2.07. The summed E-state index contributed by atoms with van der Waals surface area (Å²) in [5.74, 6) is 0.422. The quantitative estimate of drug-likeness (QED) is 0.541. The largest absolute Gasteiger partial charge is 0.300 e. The first kappa shape index (κ1) is 18.9. The molecule has 0 atom stereocenters. The molecule has 0 rings (SSSR count). The van der Waals surface area contributed by atoms with E-state index in [1.54, 1.807) is 0 Å². The van der Waals surface area contributed by atoms with Crippen LogP contribution in [0.1, 0.15) is 65.2 Å². The normalized spacial score (nSPS) is 10.6. The minimum atomic E-state index is -3.67. The molecule has 0 fully saturated rings. The fourth-order valence-electron chi connectivity index (χ4n) is 1.28. The van der Waals surface area contributed by atoms with Gasteiger partial charge in [-0.05, 0) is 6.42 Å². The van der Waals surface area contributed by atoms with Crippen LogP contribution in [0.4, 0.5) is 0 Å². The van der Waals surface area contributed by atoms with E-state index < -0.39 is 10.1 Å². The summed E-state index contributed by atoms with van der Waals surface area (Å²) in [6.45, 7) is 4.17. The van der Waals surface area contributed by atoms with Gasteiger partial charge in [-0.2, -0.15) is 8.42 Å². The maximum Gasteiger partial charge on any atom is 0.261 e. The summed E-state index contributed by atoms with van der Waals surface area (Å²) in [4.78, 5) is 10.9. The Morgan fingerprint density at radius 2 is 1.41 bits per heavy atom. The molecule has 0 aliphatic rings.